The lowest BCUT2D eigenvalue weighted by atomic mass is 10.2. The Hall–Kier alpha value is -1.42. The predicted molar refractivity (Wildman–Crippen MR) is 59.6 cm³/mol. The van der Waals surface area contributed by atoms with Gasteiger partial charge in [-0.3, -0.25) is 4.98 Å². The predicted octanol–water partition coefficient (Wildman–Crippen LogP) is 2.56. The molecule has 1 N–H and O–H groups in total. The molecule has 2 rings (SSSR count). The van der Waals surface area contributed by atoms with E-state index in [2.05, 4.69) is 33.7 Å². The van der Waals surface area contributed by atoms with Gasteiger partial charge in [0.25, 0.3) is 0 Å². The topological polar surface area (TPSA) is 37.8 Å². The molecule has 2 aromatic rings. The average Bonchev–Trinajstić information content (AvgIpc) is 2.65. The fourth-order valence-electron chi connectivity index (χ4n) is 1.27. The molecule has 0 aromatic carbocycles. The van der Waals surface area contributed by atoms with Crippen molar-refractivity contribution in [3.05, 3.63) is 28.7 Å². The quantitative estimate of drug-likeness (QED) is 0.818. The number of anilines is 1. The van der Waals surface area contributed by atoms with Crippen LogP contribution in [0, 0.1) is 6.92 Å². The molecule has 4 heteroatoms. The van der Waals surface area contributed by atoms with E-state index in [1.54, 1.807) is 23.7 Å². The van der Waals surface area contributed by atoms with Crippen LogP contribution < -0.4 is 5.32 Å². The number of nitrogens with zero attached hydrogens (tertiary/aromatic N) is 2. The molecular weight excluding hydrogens is 194 g/mol. The van der Waals surface area contributed by atoms with Gasteiger partial charge in [0.05, 0.1) is 18.1 Å². The van der Waals surface area contributed by atoms with Gasteiger partial charge < -0.3 is 5.32 Å². The van der Waals surface area contributed by atoms with Crippen molar-refractivity contribution >= 4 is 17.2 Å². The fraction of sp³-hybridized carbons (Fsp3) is 0.200. The van der Waals surface area contributed by atoms with Crippen LogP contribution in [-0.4, -0.2) is 17.0 Å². The van der Waals surface area contributed by atoms with Crippen molar-refractivity contribution in [2.45, 2.75) is 6.92 Å². The molecular formula is C10H11N3S. The van der Waals surface area contributed by atoms with Crippen molar-refractivity contribution in [3.8, 4) is 11.3 Å². The third-order valence-electron chi connectivity index (χ3n) is 2.03. The lowest BCUT2D eigenvalue weighted by Crippen LogP contribution is -1.94. The van der Waals surface area contributed by atoms with Gasteiger partial charge in [0.15, 0.2) is 0 Å². The number of nitrogens with one attached hydrogen (secondary N) is 1. The Morgan fingerprint density at radius 3 is 2.86 bits per heavy atom. The van der Waals surface area contributed by atoms with E-state index >= 15 is 0 Å². The summed E-state index contributed by atoms with van der Waals surface area (Å²) in [7, 11) is 1.84. The highest BCUT2D eigenvalue weighted by molar-refractivity contribution is 7.10. The van der Waals surface area contributed by atoms with Gasteiger partial charge in [-0.05, 0) is 18.4 Å². The number of aromatic nitrogens is 2. The van der Waals surface area contributed by atoms with Crippen molar-refractivity contribution in [1.29, 1.82) is 0 Å². The summed E-state index contributed by atoms with van der Waals surface area (Å²) in [6.07, 6.45) is 3.50. The van der Waals surface area contributed by atoms with Crippen LogP contribution in [0.5, 0.6) is 0 Å². The maximum Gasteiger partial charge on any atom is 0.144 e. The second-order valence-corrected chi connectivity index (χ2v) is 4.05. The number of hydrogen-bond acceptors (Lipinski definition) is 4. The molecule has 0 aliphatic carbocycles. The van der Waals surface area contributed by atoms with Gasteiger partial charge in [-0.2, -0.15) is 0 Å². The zero-order chi connectivity index (χ0) is 9.97. The van der Waals surface area contributed by atoms with Crippen molar-refractivity contribution in [3.63, 3.8) is 0 Å². The molecule has 0 saturated heterocycles. The van der Waals surface area contributed by atoms with E-state index in [1.165, 1.54) is 10.4 Å². The smallest absolute Gasteiger partial charge is 0.144 e. The van der Waals surface area contributed by atoms with Crippen LogP contribution in [0.4, 0.5) is 5.82 Å². The van der Waals surface area contributed by atoms with E-state index in [4.69, 9.17) is 0 Å². The lowest BCUT2D eigenvalue weighted by molar-refractivity contribution is 1.19. The van der Waals surface area contributed by atoms with Crippen LogP contribution in [0.2, 0.25) is 0 Å². The molecule has 0 aliphatic heterocycles. The molecule has 2 heterocycles. The van der Waals surface area contributed by atoms with E-state index in [9.17, 15) is 0 Å². The van der Waals surface area contributed by atoms with Crippen LogP contribution in [-0.2, 0) is 0 Å². The minimum atomic E-state index is 0.799. The monoisotopic (exact) mass is 205 g/mol. The van der Waals surface area contributed by atoms with E-state index in [1.807, 2.05) is 7.05 Å². The van der Waals surface area contributed by atoms with Gasteiger partial charge in [0, 0.05) is 17.5 Å². The first-order valence-corrected chi connectivity index (χ1v) is 5.23. The van der Waals surface area contributed by atoms with Crippen molar-refractivity contribution in [2.75, 3.05) is 12.4 Å². The summed E-state index contributed by atoms with van der Waals surface area (Å²) in [4.78, 5) is 9.83. The van der Waals surface area contributed by atoms with Gasteiger partial charge in [-0.1, -0.05) is 0 Å². The Labute approximate surface area is 86.8 Å². The lowest BCUT2D eigenvalue weighted by Gasteiger charge is -2.02. The molecule has 0 radical (unpaired) electrons. The van der Waals surface area contributed by atoms with Crippen LogP contribution >= 0.6 is 11.3 Å². The molecule has 0 unspecified atom stereocenters. The van der Waals surface area contributed by atoms with Crippen molar-refractivity contribution < 1.29 is 0 Å². The van der Waals surface area contributed by atoms with Gasteiger partial charge >= 0.3 is 0 Å². The molecule has 0 spiro atoms. The summed E-state index contributed by atoms with van der Waals surface area (Å²) in [5.74, 6) is 0.799. The fourth-order valence-corrected chi connectivity index (χ4v) is 1.97. The van der Waals surface area contributed by atoms with Crippen molar-refractivity contribution in [2.24, 2.45) is 0 Å². The highest BCUT2D eigenvalue weighted by Crippen LogP contribution is 2.25. The van der Waals surface area contributed by atoms with Gasteiger partial charge in [-0.15, -0.1) is 11.3 Å². The largest absolute Gasteiger partial charge is 0.372 e. The normalized spacial score (nSPS) is 10.1. The molecule has 2 aromatic heterocycles. The molecule has 72 valence electrons. The maximum absolute atomic E-state index is 4.43. The Kier molecular flexibility index (Phi) is 2.45. The first kappa shape index (κ1) is 9.15. The summed E-state index contributed by atoms with van der Waals surface area (Å²) in [5.41, 5.74) is 2.09. The molecule has 0 fully saturated rings. The average molecular weight is 205 g/mol. The van der Waals surface area contributed by atoms with Gasteiger partial charge in [0.2, 0.25) is 0 Å². The van der Waals surface area contributed by atoms with Crippen molar-refractivity contribution in [1.82, 2.24) is 9.97 Å². The molecule has 0 saturated carbocycles. The van der Waals surface area contributed by atoms with Crippen LogP contribution in [0.15, 0.2) is 23.8 Å². The zero-order valence-electron chi connectivity index (χ0n) is 8.11. The Morgan fingerprint density at radius 1 is 1.36 bits per heavy atom. The maximum atomic E-state index is 4.43. The van der Waals surface area contributed by atoms with Crippen LogP contribution in [0.3, 0.4) is 0 Å². The van der Waals surface area contributed by atoms with Gasteiger partial charge in [0.1, 0.15) is 5.82 Å². The second-order valence-electron chi connectivity index (χ2n) is 2.93. The molecule has 0 bridgehead atoms. The highest BCUT2D eigenvalue weighted by atomic mass is 32.1. The van der Waals surface area contributed by atoms with E-state index < -0.39 is 0 Å². The molecule has 0 amide bonds. The van der Waals surface area contributed by atoms with E-state index in [0.717, 1.165) is 11.5 Å². The van der Waals surface area contributed by atoms with Crippen LogP contribution in [0.1, 0.15) is 4.88 Å². The number of thiophene rings is 1. The highest BCUT2D eigenvalue weighted by Gasteiger charge is 2.04. The summed E-state index contributed by atoms with van der Waals surface area (Å²) in [6, 6.07) is 2.07. The first-order chi connectivity index (χ1) is 6.81. The Bertz CT molecular complexity index is 436. The zero-order valence-corrected chi connectivity index (χ0v) is 8.93. The minimum absolute atomic E-state index is 0.799. The third-order valence-corrected chi connectivity index (χ3v) is 2.87. The number of rotatable bonds is 2. The molecule has 0 atom stereocenters. The Balaban J connectivity index is 2.47. The summed E-state index contributed by atoms with van der Waals surface area (Å²) in [5, 5.41) is 5.05. The Morgan fingerprint density at radius 2 is 2.21 bits per heavy atom. The minimum Gasteiger partial charge on any atom is -0.372 e. The number of hydrogen-bond donors (Lipinski definition) is 1. The summed E-state index contributed by atoms with van der Waals surface area (Å²) < 4.78 is 0. The molecule has 14 heavy (non-hydrogen) atoms. The summed E-state index contributed by atoms with van der Waals surface area (Å²) in [6.45, 7) is 2.09. The second kappa shape index (κ2) is 3.75. The first-order valence-electron chi connectivity index (χ1n) is 4.35. The molecule has 3 nitrogen and oxygen atoms in total. The third kappa shape index (κ3) is 1.61. The van der Waals surface area contributed by atoms with E-state index in [-0.39, 0.29) is 0 Å². The summed E-state index contributed by atoms with van der Waals surface area (Å²) >= 11 is 1.72. The van der Waals surface area contributed by atoms with Crippen LogP contribution in [0.25, 0.3) is 11.3 Å². The van der Waals surface area contributed by atoms with E-state index in [0.29, 0.717) is 0 Å². The number of aryl methyl sites for hydroxylation is 1. The van der Waals surface area contributed by atoms with Gasteiger partial charge in [-0.25, -0.2) is 4.98 Å². The SMILES string of the molecule is CNc1cncc(-c2ccsc2C)n1. The molecule has 0 aliphatic rings. The standard InChI is InChI=1S/C10H11N3S/c1-7-8(3-4-14-7)9-5-12-6-10(11-2)13-9/h3-6H,1-2H3,(H,11,13).